The number of hydrogen-bond donors (Lipinski definition) is 0. The standard InChI is InChI=1S/C22H22N2O5/c1-27-16-8-9-17(18(14-16)28-2)24-21(25)19(15-6-4-3-5-7-15)20(22(24)26)23-10-12-29-13-11-23/h3-9,14H,10-13H2,1-2H3. The molecular weight excluding hydrogens is 372 g/mol. The Morgan fingerprint density at radius 1 is 0.897 bits per heavy atom. The molecule has 0 bridgehead atoms. The molecule has 2 aromatic carbocycles. The molecule has 0 saturated carbocycles. The van der Waals surface area contributed by atoms with E-state index < -0.39 is 0 Å². The summed E-state index contributed by atoms with van der Waals surface area (Å²) in [5.74, 6) is 0.237. The number of methoxy groups -OCH3 is 2. The molecule has 150 valence electrons. The third kappa shape index (κ3) is 3.34. The van der Waals surface area contributed by atoms with Crippen LogP contribution in [0, 0.1) is 0 Å². The van der Waals surface area contributed by atoms with Crippen molar-refractivity contribution in [1.29, 1.82) is 0 Å². The first-order chi connectivity index (χ1) is 14.2. The second-order valence-corrected chi connectivity index (χ2v) is 6.67. The Kier molecular flexibility index (Phi) is 5.22. The number of amides is 2. The third-order valence-electron chi connectivity index (χ3n) is 5.08. The monoisotopic (exact) mass is 394 g/mol. The molecule has 0 unspecified atom stereocenters. The van der Waals surface area contributed by atoms with Gasteiger partial charge in [-0.1, -0.05) is 30.3 Å². The summed E-state index contributed by atoms with van der Waals surface area (Å²) in [7, 11) is 3.05. The molecule has 1 fully saturated rings. The molecule has 0 atom stereocenters. The Morgan fingerprint density at radius 3 is 2.28 bits per heavy atom. The summed E-state index contributed by atoms with van der Waals surface area (Å²) < 4.78 is 16.1. The van der Waals surface area contributed by atoms with Crippen LogP contribution in [0.1, 0.15) is 5.56 Å². The van der Waals surface area contributed by atoms with Crippen LogP contribution in [-0.4, -0.2) is 57.2 Å². The molecule has 0 aromatic heterocycles. The van der Waals surface area contributed by atoms with Crippen molar-refractivity contribution in [3.8, 4) is 11.5 Å². The summed E-state index contributed by atoms with van der Waals surface area (Å²) >= 11 is 0. The van der Waals surface area contributed by atoms with Crippen molar-refractivity contribution in [2.75, 3.05) is 45.4 Å². The van der Waals surface area contributed by atoms with Crippen LogP contribution >= 0.6 is 0 Å². The lowest BCUT2D eigenvalue weighted by Gasteiger charge is -2.29. The second kappa shape index (κ2) is 7.97. The fourth-order valence-corrected chi connectivity index (χ4v) is 3.65. The molecule has 2 aliphatic rings. The van der Waals surface area contributed by atoms with Gasteiger partial charge in [-0.05, 0) is 17.7 Å². The van der Waals surface area contributed by atoms with E-state index in [0.29, 0.717) is 60.3 Å². The van der Waals surface area contributed by atoms with E-state index >= 15 is 0 Å². The fourth-order valence-electron chi connectivity index (χ4n) is 3.65. The SMILES string of the molecule is COc1ccc(N2C(=O)C(c3ccccc3)=C(N3CCOCC3)C2=O)c(OC)c1. The van der Waals surface area contributed by atoms with E-state index in [-0.39, 0.29) is 11.8 Å². The van der Waals surface area contributed by atoms with Crippen LogP contribution in [0.25, 0.3) is 5.57 Å². The molecule has 0 radical (unpaired) electrons. The lowest BCUT2D eigenvalue weighted by molar-refractivity contribution is -0.121. The molecule has 2 aromatic rings. The Morgan fingerprint density at radius 2 is 1.62 bits per heavy atom. The van der Waals surface area contributed by atoms with Gasteiger partial charge in [0, 0.05) is 19.2 Å². The zero-order valence-corrected chi connectivity index (χ0v) is 16.4. The summed E-state index contributed by atoms with van der Waals surface area (Å²) in [6.45, 7) is 2.13. The van der Waals surface area contributed by atoms with Crippen molar-refractivity contribution in [2.45, 2.75) is 0 Å². The molecule has 4 rings (SSSR count). The van der Waals surface area contributed by atoms with Crippen molar-refractivity contribution in [1.82, 2.24) is 4.90 Å². The molecule has 0 N–H and O–H groups in total. The van der Waals surface area contributed by atoms with E-state index in [9.17, 15) is 9.59 Å². The van der Waals surface area contributed by atoms with E-state index in [0.717, 1.165) is 0 Å². The van der Waals surface area contributed by atoms with Gasteiger partial charge in [0.25, 0.3) is 11.8 Å². The minimum absolute atomic E-state index is 0.362. The Labute approximate surface area is 169 Å². The van der Waals surface area contributed by atoms with E-state index in [4.69, 9.17) is 14.2 Å². The number of nitrogens with zero attached hydrogens (tertiary/aromatic N) is 2. The first-order valence-electron chi connectivity index (χ1n) is 9.39. The van der Waals surface area contributed by atoms with Crippen molar-refractivity contribution >= 4 is 23.1 Å². The predicted octanol–water partition coefficient (Wildman–Crippen LogP) is 2.32. The normalized spacial score (nSPS) is 17.2. The molecule has 2 aliphatic heterocycles. The highest BCUT2D eigenvalue weighted by atomic mass is 16.5. The Balaban J connectivity index is 1.83. The van der Waals surface area contributed by atoms with Crippen LogP contribution in [0.4, 0.5) is 5.69 Å². The quantitative estimate of drug-likeness (QED) is 0.725. The van der Waals surface area contributed by atoms with Crippen molar-refractivity contribution in [2.24, 2.45) is 0 Å². The summed E-state index contributed by atoms with van der Waals surface area (Å²) in [4.78, 5) is 30.1. The van der Waals surface area contributed by atoms with Gasteiger partial charge < -0.3 is 19.1 Å². The molecule has 7 heteroatoms. The molecule has 0 spiro atoms. The van der Waals surface area contributed by atoms with Crippen LogP contribution in [0.2, 0.25) is 0 Å². The number of morpholine rings is 1. The molecule has 1 saturated heterocycles. The number of imide groups is 1. The number of ether oxygens (including phenoxy) is 3. The molecule has 7 nitrogen and oxygen atoms in total. The number of benzene rings is 2. The van der Waals surface area contributed by atoms with Crippen LogP contribution in [0.15, 0.2) is 54.2 Å². The summed E-state index contributed by atoms with van der Waals surface area (Å²) in [6.07, 6.45) is 0. The van der Waals surface area contributed by atoms with E-state index in [1.807, 2.05) is 35.2 Å². The van der Waals surface area contributed by atoms with Gasteiger partial charge >= 0.3 is 0 Å². The van der Waals surface area contributed by atoms with Crippen molar-refractivity contribution in [3.05, 3.63) is 59.8 Å². The van der Waals surface area contributed by atoms with Gasteiger partial charge in [-0.3, -0.25) is 9.59 Å². The highest BCUT2D eigenvalue weighted by molar-refractivity contribution is 6.45. The number of carbonyl (C=O) groups is 2. The second-order valence-electron chi connectivity index (χ2n) is 6.67. The molecule has 2 amide bonds. The van der Waals surface area contributed by atoms with Crippen molar-refractivity contribution in [3.63, 3.8) is 0 Å². The Bertz CT molecular complexity index is 964. The third-order valence-corrected chi connectivity index (χ3v) is 5.08. The summed E-state index contributed by atoms with van der Waals surface area (Å²) in [5.41, 5.74) is 1.90. The van der Waals surface area contributed by atoms with Gasteiger partial charge in [-0.15, -0.1) is 0 Å². The number of rotatable bonds is 5. The molecule has 29 heavy (non-hydrogen) atoms. The van der Waals surface area contributed by atoms with Crippen LogP contribution in [-0.2, 0) is 14.3 Å². The van der Waals surface area contributed by atoms with Gasteiger partial charge in [0.05, 0.1) is 38.7 Å². The van der Waals surface area contributed by atoms with E-state index in [2.05, 4.69) is 0 Å². The minimum Gasteiger partial charge on any atom is -0.497 e. The Hall–Kier alpha value is -3.32. The van der Waals surface area contributed by atoms with Gasteiger partial charge in [-0.2, -0.15) is 0 Å². The van der Waals surface area contributed by atoms with Gasteiger partial charge in [0.2, 0.25) is 0 Å². The van der Waals surface area contributed by atoms with Gasteiger partial charge in [0.15, 0.2) is 0 Å². The van der Waals surface area contributed by atoms with Gasteiger partial charge in [-0.25, -0.2) is 4.90 Å². The minimum atomic E-state index is -0.369. The lowest BCUT2D eigenvalue weighted by Crippen LogP contribution is -2.40. The van der Waals surface area contributed by atoms with Crippen LogP contribution in [0.5, 0.6) is 11.5 Å². The maximum Gasteiger partial charge on any atom is 0.282 e. The lowest BCUT2D eigenvalue weighted by atomic mass is 10.0. The predicted molar refractivity (Wildman–Crippen MR) is 108 cm³/mol. The molecule has 0 aliphatic carbocycles. The first kappa shape index (κ1) is 19.0. The average Bonchev–Trinajstić information content (AvgIpc) is 3.04. The number of hydrogen-bond acceptors (Lipinski definition) is 6. The highest BCUT2D eigenvalue weighted by Crippen LogP contribution is 2.40. The van der Waals surface area contributed by atoms with E-state index in [1.165, 1.54) is 12.0 Å². The first-order valence-corrected chi connectivity index (χ1v) is 9.39. The zero-order chi connectivity index (χ0) is 20.4. The zero-order valence-electron chi connectivity index (χ0n) is 16.4. The number of anilines is 1. The van der Waals surface area contributed by atoms with E-state index in [1.54, 1.807) is 25.3 Å². The summed E-state index contributed by atoms with van der Waals surface area (Å²) in [6, 6.07) is 14.3. The topological polar surface area (TPSA) is 68.3 Å². The molecule has 2 heterocycles. The average molecular weight is 394 g/mol. The highest BCUT2D eigenvalue weighted by Gasteiger charge is 2.43. The molecular formula is C22H22N2O5. The van der Waals surface area contributed by atoms with Crippen LogP contribution in [0.3, 0.4) is 0 Å². The fraction of sp³-hybridized carbons (Fsp3) is 0.273. The maximum atomic E-state index is 13.5. The maximum absolute atomic E-state index is 13.5. The smallest absolute Gasteiger partial charge is 0.282 e. The number of carbonyl (C=O) groups excluding carboxylic acids is 2. The largest absolute Gasteiger partial charge is 0.497 e. The van der Waals surface area contributed by atoms with Crippen LogP contribution < -0.4 is 14.4 Å². The summed E-state index contributed by atoms with van der Waals surface area (Å²) in [5, 5.41) is 0. The van der Waals surface area contributed by atoms with Gasteiger partial charge in [0.1, 0.15) is 17.2 Å². The van der Waals surface area contributed by atoms with Crippen molar-refractivity contribution < 1.29 is 23.8 Å².